The van der Waals surface area contributed by atoms with Gasteiger partial charge in [0.15, 0.2) is 0 Å². The summed E-state index contributed by atoms with van der Waals surface area (Å²) in [5.41, 5.74) is 2.24. The lowest BCUT2D eigenvalue weighted by atomic mass is 10.1. The SMILES string of the molecule is Cc1cc2ccccc2nc1NC(C)CN1CCOCC1. The van der Waals surface area contributed by atoms with E-state index in [0.29, 0.717) is 6.04 Å². The van der Waals surface area contributed by atoms with Gasteiger partial charge in [-0.3, -0.25) is 4.90 Å². The highest BCUT2D eigenvalue weighted by molar-refractivity contribution is 5.81. The molecule has 2 aromatic rings. The first-order valence-electron chi connectivity index (χ1n) is 7.65. The second kappa shape index (κ2) is 6.41. The van der Waals surface area contributed by atoms with E-state index in [-0.39, 0.29) is 0 Å². The minimum atomic E-state index is 0.371. The Kier molecular flexibility index (Phi) is 4.36. The molecular weight excluding hydrogens is 262 g/mol. The topological polar surface area (TPSA) is 37.4 Å². The van der Waals surface area contributed by atoms with Crippen LogP contribution in [-0.2, 0) is 4.74 Å². The standard InChI is InChI=1S/C17H23N3O/c1-13-11-15-5-3-4-6-16(15)19-17(13)18-14(2)12-20-7-9-21-10-8-20/h3-6,11,14H,7-10,12H2,1-2H3,(H,18,19). The summed E-state index contributed by atoms with van der Waals surface area (Å²) in [6.07, 6.45) is 0. The Hall–Kier alpha value is -1.65. The first-order chi connectivity index (χ1) is 10.2. The summed E-state index contributed by atoms with van der Waals surface area (Å²) >= 11 is 0. The van der Waals surface area contributed by atoms with Crippen molar-refractivity contribution in [2.75, 3.05) is 38.2 Å². The minimum Gasteiger partial charge on any atom is -0.379 e. The Balaban J connectivity index is 1.70. The van der Waals surface area contributed by atoms with Crippen LogP contribution in [0.15, 0.2) is 30.3 Å². The predicted octanol–water partition coefficient (Wildman–Crippen LogP) is 2.68. The molecule has 0 spiro atoms. The van der Waals surface area contributed by atoms with Gasteiger partial charge in [-0.1, -0.05) is 18.2 Å². The van der Waals surface area contributed by atoms with Gasteiger partial charge in [0, 0.05) is 31.1 Å². The van der Waals surface area contributed by atoms with Crippen molar-refractivity contribution in [2.45, 2.75) is 19.9 Å². The van der Waals surface area contributed by atoms with Gasteiger partial charge in [0.25, 0.3) is 0 Å². The molecule has 0 radical (unpaired) electrons. The molecule has 1 aliphatic rings. The number of morpholine rings is 1. The number of hydrogen-bond acceptors (Lipinski definition) is 4. The molecule has 1 aromatic carbocycles. The monoisotopic (exact) mass is 285 g/mol. The summed E-state index contributed by atoms with van der Waals surface area (Å²) in [5.74, 6) is 0.995. The maximum Gasteiger partial charge on any atom is 0.129 e. The van der Waals surface area contributed by atoms with Gasteiger partial charge in [0.2, 0.25) is 0 Å². The number of para-hydroxylation sites is 1. The average Bonchev–Trinajstić information content (AvgIpc) is 2.49. The van der Waals surface area contributed by atoms with Crippen LogP contribution >= 0.6 is 0 Å². The Labute approximate surface area is 126 Å². The molecule has 1 aliphatic heterocycles. The average molecular weight is 285 g/mol. The van der Waals surface area contributed by atoms with Crippen molar-refractivity contribution in [3.8, 4) is 0 Å². The van der Waals surface area contributed by atoms with Crippen molar-refractivity contribution in [3.63, 3.8) is 0 Å². The van der Waals surface area contributed by atoms with Crippen molar-refractivity contribution in [1.82, 2.24) is 9.88 Å². The Bertz CT molecular complexity index is 608. The van der Waals surface area contributed by atoms with Crippen LogP contribution in [0.5, 0.6) is 0 Å². The number of aromatic nitrogens is 1. The minimum absolute atomic E-state index is 0.371. The zero-order chi connectivity index (χ0) is 14.7. The summed E-state index contributed by atoms with van der Waals surface area (Å²) in [6, 6.07) is 10.8. The number of aryl methyl sites for hydroxylation is 1. The van der Waals surface area contributed by atoms with Crippen LogP contribution in [0, 0.1) is 6.92 Å². The largest absolute Gasteiger partial charge is 0.379 e. The van der Waals surface area contributed by atoms with E-state index in [1.807, 2.05) is 6.07 Å². The van der Waals surface area contributed by atoms with E-state index in [2.05, 4.69) is 48.3 Å². The summed E-state index contributed by atoms with van der Waals surface area (Å²) in [6.45, 7) is 9.10. The first kappa shape index (κ1) is 14.3. The van der Waals surface area contributed by atoms with Gasteiger partial charge in [-0.25, -0.2) is 4.98 Å². The smallest absolute Gasteiger partial charge is 0.129 e. The lowest BCUT2D eigenvalue weighted by molar-refractivity contribution is 0.0368. The van der Waals surface area contributed by atoms with Gasteiger partial charge in [-0.15, -0.1) is 0 Å². The third-order valence-corrected chi connectivity index (χ3v) is 3.93. The van der Waals surface area contributed by atoms with Crippen molar-refractivity contribution in [3.05, 3.63) is 35.9 Å². The van der Waals surface area contributed by atoms with Crippen LogP contribution in [0.2, 0.25) is 0 Å². The molecule has 0 aliphatic carbocycles. The molecule has 2 heterocycles. The number of benzene rings is 1. The van der Waals surface area contributed by atoms with Crippen LogP contribution in [0.1, 0.15) is 12.5 Å². The van der Waals surface area contributed by atoms with Gasteiger partial charge in [-0.05, 0) is 31.5 Å². The summed E-state index contributed by atoms with van der Waals surface area (Å²) < 4.78 is 5.39. The second-order valence-corrected chi connectivity index (χ2v) is 5.80. The fourth-order valence-electron chi connectivity index (χ4n) is 2.82. The van der Waals surface area contributed by atoms with Crippen molar-refractivity contribution in [1.29, 1.82) is 0 Å². The number of rotatable bonds is 4. The van der Waals surface area contributed by atoms with Crippen LogP contribution < -0.4 is 5.32 Å². The molecule has 1 saturated heterocycles. The molecule has 0 saturated carbocycles. The van der Waals surface area contributed by atoms with Crippen LogP contribution in [-0.4, -0.2) is 48.8 Å². The Morgan fingerprint density at radius 1 is 1.29 bits per heavy atom. The number of anilines is 1. The van der Waals surface area contributed by atoms with Gasteiger partial charge in [0.1, 0.15) is 5.82 Å². The molecule has 1 atom stereocenters. The quantitative estimate of drug-likeness (QED) is 0.937. The molecule has 3 rings (SSSR count). The first-order valence-corrected chi connectivity index (χ1v) is 7.65. The highest BCUT2D eigenvalue weighted by atomic mass is 16.5. The molecule has 4 nitrogen and oxygen atoms in total. The summed E-state index contributed by atoms with van der Waals surface area (Å²) in [7, 11) is 0. The molecule has 1 fully saturated rings. The van der Waals surface area contributed by atoms with Crippen LogP contribution in [0.3, 0.4) is 0 Å². The molecule has 4 heteroatoms. The fourth-order valence-corrected chi connectivity index (χ4v) is 2.82. The van der Waals surface area contributed by atoms with Crippen molar-refractivity contribution >= 4 is 16.7 Å². The summed E-state index contributed by atoms with van der Waals surface area (Å²) in [5, 5.41) is 4.75. The third kappa shape index (κ3) is 3.52. The van der Waals surface area contributed by atoms with Crippen molar-refractivity contribution < 1.29 is 4.74 Å². The number of hydrogen-bond donors (Lipinski definition) is 1. The number of nitrogens with zero attached hydrogens (tertiary/aromatic N) is 2. The van der Waals surface area contributed by atoms with E-state index in [1.54, 1.807) is 0 Å². The molecule has 21 heavy (non-hydrogen) atoms. The third-order valence-electron chi connectivity index (χ3n) is 3.93. The van der Waals surface area contributed by atoms with E-state index >= 15 is 0 Å². The highest BCUT2D eigenvalue weighted by Gasteiger charge is 2.14. The van der Waals surface area contributed by atoms with E-state index in [0.717, 1.165) is 44.2 Å². The highest BCUT2D eigenvalue weighted by Crippen LogP contribution is 2.20. The lowest BCUT2D eigenvalue weighted by Gasteiger charge is -2.29. The zero-order valence-electron chi connectivity index (χ0n) is 12.8. The van der Waals surface area contributed by atoms with Gasteiger partial charge in [0.05, 0.1) is 18.7 Å². The lowest BCUT2D eigenvalue weighted by Crippen LogP contribution is -2.42. The van der Waals surface area contributed by atoms with Crippen LogP contribution in [0.4, 0.5) is 5.82 Å². The van der Waals surface area contributed by atoms with E-state index in [4.69, 9.17) is 9.72 Å². The molecule has 112 valence electrons. The number of ether oxygens (including phenoxy) is 1. The van der Waals surface area contributed by atoms with Crippen molar-refractivity contribution in [2.24, 2.45) is 0 Å². The van der Waals surface area contributed by atoms with Gasteiger partial charge >= 0.3 is 0 Å². The van der Waals surface area contributed by atoms with E-state index in [9.17, 15) is 0 Å². The molecule has 1 unspecified atom stereocenters. The molecular formula is C17H23N3O. The van der Waals surface area contributed by atoms with Crippen LogP contribution in [0.25, 0.3) is 10.9 Å². The zero-order valence-corrected chi connectivity index (χ0v) is 12.8. The maximum atomic E-state index is 5.39. The van der Waals surface area contributed by atoms with Gasteiger partial charge < -0.3 is 10.1 Å². The fraction of sp³-hybridized carbons (Fsp3) is 0.471. The molecule has 0 bridgehead atoms. The van der Waals surface area contributed by atoms with Gasteiger partial charge in [-0.2, -0.15) is 0 Å². The number of nitrogens with one attached hydrogen (secondary N) is 1. The van der Waals surface area contributed by atoms with E-state index < -0.39 is 0 Å². The molecule has 1 aromatic heterocycles. The summed E-state index contributed by atoms with van der Waals surface area (Å²) in [4.78, 5) is 7.20. The molecule has 1 N–H and O–H groups in total. The number of fused-ring (bicyclic) bond motifs is 1. The normalized spacial score (nSPS) is 17.8. The number of pyridine rings is 1. The Morgan fingerprint density at radius 3 is 2.86 bits per heavy atom. The van der Waals surface area contributed by atoms with E-state index in [1.165, 1.54) is 10.9 Å². The maximum absolute atomic E-state index is 5.39. The Morgan fingerprint density at radius 2 is 2.05 bits per heavy atom. The predicted molar refractivity (Wildman–Crippen MR) is 86.8 cm³/mol. The molecule has 0 amide bonds. The second-order valence-electron chi connectivity index (χ2n) is 5.80.